The summed E-state index contributed by atoms with van der Waals surface area (Å²) in [6, 6.07) is 30.6. The highest BCUT2D eigenvalue weighted by Gasteiger charge is 2.14. The molecular formula is C28H20N4S. The van der Waals surface area contributed by atoms with Gasteiger partial charge in [0.15, 0.2) is 0 Å². The van der Waals surface area contributed by atoms with Crippen LogP contribution in [0.4, 0.5) is 0 Å². The summed E-state index contributed by atoms with van der Waals surface area (Å²) in [5.74, 6) is 0. The van der Waals surface area contributed by atoms with Crippen molar-refractivity contribution >= 4 is 23.0 Å². The number of thiazole rings is 1. The minimum absolute atomic E-state index is 0.517. The molecule has 5 rings (SSSR count). The molecule has 4 nitrogen and oxygen atoms in total. The van der Waals surface area contributed by atoms with Gasteiger partial charge in [-0.05, 0) is 25.1 Å². The van der Waals surface area contributed by atoms with Crippen molar-refractivity contribution in [1.29, 1.82) is 5.26 Å². The summed E-state index contributed by atoms with van der Waals surface area (Å²) in [4.78, 5) is 4.75. The quantitative estimate of drug-likeness (QED) is 0.273. The molecule has 0 unspecified atom stereocenters. The van der Waals surface area contributed by atoms with E-state index in [0.717, 1.165) is 33.8 Å². The summed E-state index contributed by atoms with van der Waals surface area (Å²) >= 11 is 1.48. The number of aromatic nitrogens is 3. The molecule has 0 amide bonds. The standard InChI is InChI=1S/C28H20N4S/c1-20-12-14-21(15-13-20)26-19-33-28(30-26)23(17-29)16-24-18-32(25-10-6-3-7-11-25)31-27(24)22-8-4-2-5-9-22/h2-16,18-19H,1H3/b23-16+. The van der Waals surface area contributed by atoms with Crippen molar-refractivity contribution < 1.29 is 0 Å². The van der Waals surface area contributed by atoms with Crippen LogP contribution in [-0.4, -0.2) is 14.8 Å². The number of hydrogen-bond acceptors (Lipinski definition) is 4. The second-order valence-electron chi connectivity index (χ2n) is 7.65. The van der Waals surface area contributed by atoms with E-state index in [0.29, 0.717) is 10.6 Å². The maximum Gasteiger partial charge on any atom is 0.134 e. The minimum atomic E-state index is 0.517. The third-order valence-corrected chi connectivity index (χ3v) is 6.19. The van der Waals surface area contributed by atoms with Gasteiger partial charge in [-0.2, -0.15) is 10.4 Å². The maximum atomic E-state index is 9.96. The van der Waals surface area contributed by atoms with Crippen molar-refractivity contribution in [3.05, 3.63) is 113 Å². The van der Waals surface area contributed by atoms with Gasteiger partial charge in [-0.25, -0.2) is 9.67 Å². The van der Waals surface area contributed by atoms with Gasteiger partial charge in [-0.3, -0.25) is 0 Å². The van der Waals surface area contributed by atoms with Crippen molar-refractivity contribution in [2.45, 2.75) is 6.92 Å². The zero-order valence-electron chi connectivity index (χ0n) is 18.0. The van der Waals surface area contributed by atoms with E-state index >= 15 is 0 Å². The number of hydrogen-bond donors (Lipinski definition) is 0. The molecule has 0 radical (unpaired) electrons. The molecule has 5 aromatic rings. The number of allylic oxidation sites excluding steroid dienone is 1. The normalized spacial score (nSPS) is 11.3. The minimum Gasteiger partial charge on any atom is -0.240 e. The van der Waals surface area contributed by atoms with E-state index in [1.165, 1.54) is 16.9 Å². The highest BCUT2D eigenvalue weighted by atomic mass is 32.1. The molecule has 158 valence electrons. The summed E-state index contributed by atoms with van der Waals surface area (Å²) in [7, 11) is 0. The predicted molar refractivity (Wildman–Crippen MR) is 135 cm³/mol. The van der Waals surface area contributed by atoms with Crippen LogP contribution in [0.3, 0.4) is 0 Å². The van der Waals surface area contributed by atoms with E-state index in [1.54, 1.807) is 0 Å². The van der Waals surface area contributed by atoms with Crippen LogP contribution >= 0.6 is 11.3 Å². The van der Waals surface area contributed by atoms with E-state index < -0.39 is 0 Å². The lowest BCUT2D eigenvalue weighted by Gasteiger charge is -2.00. The van der Waals surface area contributed by atoms with Crippen molar-refractivity contribution in [2.75, 3.05) is 0 Å². The van der Waals surface area contributed by atoms with Crippen LogP contribution in [0.25, 0.3) is 39.9 Å². The Kier molecular flexibility index (Phi) is 5.67. The van der Waals surface area contributed by atoms with Gasteiger partial charge in [0.05, 0.1) is 22.6 Å². The molecule has 0 aliphatic heterocycles. The Morgan fingerprint density at radius 3 is 2.30 bits per heavy atom. The molecule has 2 aromatic heterocycles. The van der Waals surface area contributed by atoms with Gasteiger partial charge in [-0.15, -0.1) is 11.3 Å². The third kappa shape index (κ3) is 4.38. The zero-order valence-corrected chi connectivity index (χ0v) is 18.8. The van der Waals surface area contributed by atoms with Gasteiger partial charge in [0.1, 0.15) is 11.1 Å². The second-order valence-corrected chi connectivity index (χ2v) is 8.51. The van der Waals surface area contributed by atoms with Gasteiger partial charge in [-0.1, -0.05) is 78.4 Å². The Labute approximate surface area is 196 Å². The van der Waals surface area contributed by atoms with Crippen LogP contribution < -0.4 is 0 Å². The number of rotatable bonds is 5. The maximum absolute atomic E-state index is 9.96. The topological polar surface area (TPSA) is 54.5 Å². The average molecular weight is 445 g/mol. The fourth-order valence-electron chi connectivity index (χ4n) is 3.58. The predicted octanol–water partition coefficient (Wildman–Crippen LogP) is 7.04. The molecule has 3 aromatic carbocycles. The van der Waals surface area contributed by atoms with Crippen LogP contribution in [0.15, 0.2) is 96.5 Å². The summed E-state index contributed by atoms with van der Waals surface area (Å²) in [6.07, 6.45) is 3.84. The number of nitriles is 1. The van der Waals surface area contributed by atoms with E-state index in [9.17, 15) is 5.26 Å². The highest BCUT2D eigenvalue weighted by Crippen LogP contribution is 2.30. The summed E-state index contributed by atoms with van der Waals surface area (Å²) < 4.78 is 1.85. The van der Waals surface area contributed by atoms with Gasteiger partial charge in [0.25, 0.3) is 0 Å². The van der Waals surface area contributed by atoms with Crippen LogP contribution in [0, 0.1) is 18.3 Å². The Balaban J connectivity index is 1.58. The molecule has 0 saturated carbocycles. The molecule has 0 spiro atoms. The van der Waals surface area contributed by atoms with Crippen molar-refractivity contribution in [1.82, 2.24) is 14.8 Å². The molecule has 0 N–H and O–H groups in total. The van der Waals surface area contributed by atoms with Gasteiger partial charge >= 0.3 is 0 Å². The number of nitrogens with zero attached hydrogens (tertiary/aromatic N) is 4. The first-order valence-corrected chi connectivity index (χ1v) is 11.4. The number of para-hydroxylation sites is 1. The van der Waals surface area contributed by atoms with Crippen LogP contribution in [0.5, 0.6) is 0 Å². The third-order valence-electron chi connectivity index (χ3n) is 5.31. The molecule has 0 bridgehead atoms. The van der Waals surface area contributed by atoms with E-state index in [4.69, 9.17) is 10.1 Å². The lowest BCUT2D eigenvalue weighted by atomic mass is 10.1. The lowest BCUT2D eigenvalue weighted by Crippen LogP contribution is -1.93. The molecular weight excluding hydrogens is 424 g/mol. The van der Waals surface area contributed by atoms with Crippen LogP contribution in [0.1, 0.15) is 16.1 Å². The van der Waals surface area contributed by atoms with Gasteiger partial charge in [0.2, 0.25) is 0 Å². The largest absolute Gasteiger partial charge is 0.240 e. The average Bonchev–Trinajstić information content (AvgIpc) is 3.52. The SMILES string of the molecule is Cc1ccc(-c2csc(/C(C#N)=C/c3cn(-c4ccccc4)nc3-c3ccccc3)n2)cc1. The Bertz CT molecular complexity index is 1450. The highest BCUT2D eigenvalue weighted by molar-refractivity contribution is 7.11. The first-order valence-electron chi connectivity index (χ1n) is 10.6. The molecule has 2 heterocycles. The van der Waals surface area contributed by atoms with E-state index in [2.05, 4.69) is 37.3 Å². The lowest BCUT2D eigenvalue weighted by molar-refractivity contribution is 0.884. The van der Waals surface area contributed by atoms with Gasteiger partial charge < -0.3 is 0 Å². The fraction of sp³-hybridized carbons (Fsp3) is 0.0357. The smallest absolute Gasteiger partial charge is 0.134 e. The summed E-state index contributed by atoms with van der Waals surface area (Å²) in [5, 5.41) is 17.5. The van der Waals surface area contributed by atoms with Gasteiger partial charge in [0, 0.05) is 28.3 Å². The monoisotopic (exact) mass is 444 g/mol. The Morgan fingerprint density at radius 2 is 1.61 bits per heavy atom. The fourth-order valence-corrected chi connectivity index (χ4v) is 4.37. The molecule has 33 heavy (non-hydrogen) atoms. The molecule has 0 atom stereocenters. The molecule has 0 fully saturated rings. The molecule has 0 saturated heterocycles. The summed E-state index contributed by atoms with van der Waals surface area (Å²) in [6.45, 7) is 2.06. The first kappa shape index (κ1) is 20.6. The van der Waals surface area contributed by atoms with Crippen molar-refractivity contribution in [3.8, 4) is 34.3 Å². The Morgan fingerprint density at radius 1 is 0.909 bits per heavy atom. The van der Waals surface area contributed by atoms with Crippen molar-refractivity contribution in [2.24, 2.45) is 0 Å². The van der Waals surface area contributed by atoms with Crippen molar-refractivity contribution in [3.63, 3.8) is 0 Å². The number of benzene rings is 3. The number of aryl methyl sites for hydroxylation is 1. The van der Waals surface area contributed by atoms with E-state index in [1.807, 2.05) is 83.0 Å². The zero-order chi connectivity index (χ0) is 22.6. The van der Waals surface area contributed by atoms with E-state index in [-0.39, 0.29) is 0 Å². The second kappa shape index (κ2) is 9.07. The Hall–Kier alpha value is -4.27. The van der Waals surface area contributed by atoms with Crippen LogP contribution in [0.2, 0.25) is 0 Å². The molecule has 0 aliphatic rings. The summed E-state index contributed by atoms with van der Waals surface area (Å²) in [5.41, 5.74) is 7.29. The van der Waals surface area contributed by atoms with Crippen LogP contribution in [-0.2, 0) is 0 Å². The first-order chi connectivity index (χ1) is 16.2. The molecule has 5 heteroatoms. The molecule has 0 aliphatic carbocycles.